The van der Waals surface area contributed by atoms with Crippen LogP contribution in [0, 0.1) is 12.7 Å². The third-order valence-electron chi connectivity index (χ3n) is 3.25. The summed E-state index contributed by atoms with van der Waals surface area (Å²) < 4.78 is 17.9. The van der Waals surface area contributed by atoms with Crippen LogP contribution in [0.25, 0.3) is 0 Å². The van der Waals surface area contributed by atoms with Crippen molar-refractivity contribution in [3.63, 3.8) is 0 Å². The van der Waals surface area contributed by atoms with Gasteiger partial charge in [0.15, 0.2) is 0 Å². The molecule has 120 valence electrons. The van der Waals surface area contributed by atoms with Crippen LogP contribution in [0.2, 0.25) is 0 Å². The van der Waals surface area contributed by atoms with Gasteiger partial charge in [-0.05, 0) is 36.8 Å². The number of amides is 1. The Morgan fingerprint density at radius 2 is 1.87 bits per heavy atom. The smallest absolute Gasteiger partial charge is 0.339 e. The minimum absolute atomic E-state index is 0.0558. The first-order chi connectivity index (χ1) is 11.0. The number of hydrogen-bond acceptors (Lipinski definition) is 4. The van der Waals surface area contributed by atoms with Crippen molar-refractivity contribution in [1.29, 1.82) is 0 Å². The molecule has 0 bridgehead atoms. The fraction of sp³-hybridized carbons (Fsp3) is 0.176. The summed E-state index contributed by atoms with van der Waals surface area (Å²) in [6.07, 6.45) is 0. The molecule has 5 nitrogen and oxygen atoms in total. The van der Waals surface area contributed by atoms with Gasteiger partial charge in [0.05, 0.1) is 24.9 Å². The van der Waals surface area contributed by atoms with Crippen molar-refractivity contribution < 1.29 is 18.7 Å². The van der Waals surface area contributed by atoms with Gasteiger partial charge in [0.1, 0.15) is 5.82 Å². The number of carbonyl (C=O) groups is 2. The van der Waals surface area contributed by atoms with Crippen molar-refractivity contribution in [2.24, 2.45) is 0 Å². The fourth-order valence-electron chi connectivity index (χ4n) is 2.03. The molecule has 0 saturated carbocycles. The molecule has 0 fully saturated rings. The number of anilines is 2. The monoisotopic (exact) mass is 316 g/mol. The highest BCUT2D eigenvalue weighted by molar-refractivity contribution is 6.02. The first-order valence-electron chi connectivity index (χ1n) is 6.98. The predicted molar refractivity (Wildman–Crippen MR) is 86.0 cm³/mol. The van der Waals surface area contributed by atoms with Gasteiger partial charge >= 0.3 is 5.97 Å². The zero-order valence-electron chi connectivity index (χ0n) is 12.9. The maximum Gasteiger partial charge on any atom is 0.339 e. The summed E-state index contributed by atoms with van der Waals surface area (Å²) in [5, 5.41) is 5.50. The van der Waals surface area contributed by atoms with Gasteiger partial charge in [-0.3, -0.25) is 4.79 Å². The van der Waals surface area contributed by atoms with E-state index in [4.69, 9.17) is 0 Å². The minimum Gasteiger partial charge on any atom is -0.465 e. The number of nitrogens with one attached hydrogen (secondary N) is 2. The van der Waals surface area contributed by atoms with Crippen LogP contribution in [0.4, 0.5) is 15.8 Å². The zero-order valence-corrected chi connectivity index (χ0v) is 12.9. The topological polar surface area (TPSA) is 67.4 Å². The Morgan fingerprint density at radius 3 is 2.61 bits per heavy atom. The van der Waals surface area contributed by atoms with Crippen LogP contribution in [0.15, 0.2) is 42.5 Å². The van der Waals surface area contributed by atoms with Gasteiger partial charge < -0.3 is 15.4 Å². The first kappa shape index (κ1) is 16.5. The Morgan fingerprint density at radius 1 is 1.13 bits per heavy atom. The van der Waals surface area contributed by atoms with E-state index in [1.54, 1.807) is 30.3 Å². The number of benzene rings is 2. The molecule has 0 aromatic heterocycles. The van der Waals surface area contributed by atoms with Crippen LogP contribution in [-0.4, -0.2) is 25.5 Å². The molecular formula is C17H17FN2O3. The van der Waals surface area contributed by atoms with E-state index in [0.29, 0.717) is 11.4 Å². The summed E-state index contributed by atoms with van der Waals surface area (Å²) in [5.41, 5.74) is 2.00. The number of aryl methyl sites for hydroxylation is 1. The van der Waals surface area contributed by atoms with Gasteiger partial charge in [0.2, 0.25) is 5.91 Å². The van der Waals surface area contributed by atoms with Crippen LogP contribution in [0.5, 0.6) is 0 Å². The van der Waals surface area contributed by atoms with Crippen LogP contribution in [0.1, 0.15) is 15.9 Å². The average Bonchev–Trinajstić information content (AvgIpc) is 2.55. The maximum absolute atomic E-state index is 13.2. The Labute approximate surface area is 133 Å². The Balaban J connectivity index is 2.03. The van der Waals surface area contributed by atoms with E-state index < -0.39 is 5.97 Å². The number of ether oxygens (including phenoxy) is 1. The number of halogens is 1. The molecule has 1 amide bonds. The molecule has 0 unspecified atom stereocenters. The highest BCUT2D eigenvalue weighted by Crippen LogP contribution is 2.17. The molecule has 0 radical (unpaired) electrons. The highest BCUT2D eigenvalue weighted by Gasteiger charge is 2.13. The Bertz CT molecular complexity index is 732. The summed E-state index contributed by atoms with van der Waals surface area (Å²) in [4.78, 5) is 23.7. The third-order valence-corrected chi connectivity index (χ3v) is 3.25. The number of methoxy groups -OCH3 is 1. The molecule has 2 N–H and O–H groups in total. The average molecular weight is 316 g/mol. The van der Waals surface area contributed by atoms with E-state index in [2.05, 4.69) is 15.4 Å². The fourth-order valence-corrected chi connectivity index (χ4v) is 2.03. The van der Waals surface area contributed by atoms with Gasteiger partial charge in [-0.2, -0.15) is 0 Å². The summed E-state index contributed by atoms with van der Waals surface area (Å²) in [7, 11) is 1.27. The minimum atomic E-state index is -0.533. The predicted octanol–water partition coefficient (Wildman–Crippen LogP) is 2.97. The lowest BCUT2D eigenvalue weighted by molar-refractivity contribution is -0.114. The largest absolute Gasteiger partial charge is 0.465 e. The quantitative estimate of drug-likeness (QED) is 0.832. The lowest BCUT2D eigenvalue weighted by Gasteiger charge is -2.12. The molecule has 0 saturated heterocycles. The van der Waals surface area contributed by atoms with Crippen molar-refractivity contribution in [3.05, 3.63) is 59.4 Å². The molecule has 0 heterocycles. The summed E-state index contributed by atoms with van der Waals surface area (Å²) >= 11 is 0. The molecule has 0 aliphatic carbocycles. The molecular weight excluding hydrogens is 299 g/mol. The molecule has 2 aromatic carbocycles. The van der Waals surface area contributed by atoms with Crippen molar-refractivity contribution in [1.82, 2.24) is 0 Å². The van der Waals surface area contributed by atoms with E-state index in [9.17, 15) is 14.0 Å². The summed E-state index contributed by atoms with van der Waals surface area (Å²) in [6, 6.07) is 10.9. The summed E-state index contributed by atoms with van der Waals surface area (Å²) in [6.45, 7) is 1.76. The van der Waals surface area contributed by atoms with Crippen LogP contribution >= 0.6 is 0 Å². The van der Waals surface area contributed by atoms with E-state index in [-0.39, 0.29) is 23.8 Å². The second kappa shape index (κ2) is 7.40. The molecule has 0 aliphatic rings. The maximum atomic E-state index is 13.2. The molecule has 2 rings (SSSR count). The lowest BCUT2D eigenvalue weighted by Crippen LogP contribution is -2.23. The van der Waals surface area contributed by atoms with Crippen molar-refractivity contribution in [3.8, 4) is 0 Å². The van der Waals surface area contributed by atoms with Crippen LogP contribution in [-0.2, 0) is 9.53 Å². The molecule has 0 aliphatic heterocycles. The van der Waals surface area contributed by atoms with E-state index in [1.165, 1.54) is 19.2 Å². The molecule has 6 heteroatoms. The van der Waals surface area contributed by atoms with Gasteiger partial charge in [-0.25, -0.2) is 9.18 Å². The number of esters is 1. The van der Waals surface area contributed by atoms with Crippen molar-refractivity contribution in [2.75, 3.05) is 24.3 Å². The Kier molecular flexibility index (Phi) is 5.30. The zero-order chi connectivity index (χ0) is 16.8. The Hall–Kier alpha value is -2.89. The van der Waals surface area contributed by atoms with E-state index >= 15 is 0 Å². The third kappa shape index (κ3) is 4.29. The molecule has 0 atom stereocenters. The van der Waals surface area contributed by atoms with E-state index in [0.717, 1.165) is 5.56 Å². The standard InChI is InChI=1S/C17H17FN2O3/c1-11-7-8-12(18)9-15(11)19-10-16(21)20-14-6-4-3-5-13(14)17(22)23-2/h3-9,19H,10H2,1-2H3,(H,20,21). The van der Waals surface area contributed by atoms with Crippen LogP contribution < -0.4 is 10.6 Å². The van der Waals surface area contributed by atoms with Crippen molar-refractivity contribution >= 4 is 23.3 Å². The summed E-state index contributed by atoms with van der Waals surface area (Å²) in [5.74, 6) is -1.27. The van der Waals surface area contributed by atoms with Crippen molar-refractivity contribution in [2.45, 2.75) is 6.92 Å². The van der Waals surface area contributed by atoms with Gasteiger partial charge in [-0.15, -0.1) is 0 Å². The molecule has 0 spiro atoms. The molecule has 2 aromatic rings. The second-order valence-electron chi connectivity index (χ2n) is 4.90. The van der Waals surface area contributed by atoms with Gasteiger partial charge in [-0.1, -0.05) is 18.2 Å². The lowest BCUT2D eigenvalue weighted by atomic mass is 10.1. The van der Waals surface area contributed by atoms with E-state index in [1.807, 2.05) is 6.92 Å². The molecule has 23 heavy (non-hydrogen) atoms. The second-order valence-corrected chi connectivity index (χ2v) is 4.90. The van der Waals surface area contributed by atoms with Gasteiger partial charge in [0.25, 0.3) is 0 Å². The van der Waals surface area contributed by atoms with Crippen LogP contribution in [0.3, 0.4) is 0 Å². The highest BCUT2D eigenvalue weighted by atomic mass is 19.1. The SMILES string of the molecule is COC(=O)c1ccccc1NC(=O)CNc1cc(F)ccc1C. The normalized spacial score (nSPS) is 10.0. The number of para-hydroxylation sites is 1. The first-order valence-corrected chi connectivity index (χ1v) is 6.98. The van der Waals surface area contributed by atoms with Gasteiger partial charge in [0, 0.05) is 5.69 Å². The number of carbonyl (C=O) groups excluding carboxylic acids is 2. The number of rotatable bonds is 5. The number of hydrogen-bond donors (Lipinski definition) is 2.